The molecule has 14 heavy (non-hydrogen) atoms. The third-order valence-corrected chi connectivity index (χ3v) is 2.43. The van der Waals surface area contributed by atoms with E-state index < -0.39 is 0 Å². The van der Waals surface area contributed by atoms with Gasteiger partial charge >= 0.3 is 0 Å². The highest BCUT2D eigenvalue weighted by Crippen LogP contribution is 2.33. The molecule has 0 fully saturated rings. The van der Waals surface area contributed by atoms with Crippen molar-refractivity contribution in [3.63, 3.8) is 0 Å². The lowest BCUT2D eigenvalue weighted by atomic mass is 9.94. The van der Waals surface area contributed by atoms with Gasteiger partial charge < -0.3 is 9.47 Å². The van der Waals surface area contributed by atoms with E-state index in [0.717, 1.165) is 16.9 Å². The van der Waals surface area contributed by atoms with Crippen molar-refractivity contribution in [1.29, 1.82) is 0 Å². The van der Waals surface area contributed by atoms with Gasteiger partial charge in [-0.25, -0.2) is 0 Å². The molecule has 1 aliphatic carbocycles. The topological polar surface area (TPSA) is 18.5 Å². The van der Waals surface area contributed by atoms with E-state index >= 15 is 0 Å². The Morgan fingerprint density at radius 3 is 2.79 bits per heavy atom. The van der Waals surface area contributed by atoms with E-state index in [1.807, 2.05) is 30.7 Å². The Balaban J connectivity index is 2.48. The Hall–Kier alpha value is -1.28. The van der Waals surface area contributed by atoms with Gasteiger partial charge in [0, 0.05) is 19.1 Å². The van der Waals surface area contributed by atoms with Crippen LogP contribution < -0.4 is 4.74 Å². The molecular weight excluding hydrogens is 176 g/mol. The minimum absolute atomic E-state index is 0.0464. The summed E-state index contributed by atoms with van der Waals surface area (Å²) < 4.78 is 10.6. The third-order valence-electron chi connectivity index (χ3n) is 2.43. The van der Waals surface area contributed by atoms with Gasteiger partial charge in [-0.3, -0.25) is 0 Å². The average Bonchev–Trinajstić information content (AvgIpc) is 2.27. The van der Waals surface area contributed by atoms with Gasteiger partial charge in [0.1, 0.15) is 11.9 Å². The second-order valence-electron chi connectivity index (χ2n) is 3.17. The first-order chi connectivity index (χ1) is 6.86. The van der Waals surface area contributed by atoms with Gasteiger partial charge in [-0.1, -0.05) is 24.3 Å². The van der Waals surface area contributed by atoms with Crippen molar-refractivity contribution < 1.29 is 9.47 Å². The average molecular weight is 189 g/mol. The summed E-state index contributed by atoms with van der Waals surface area (Å²) in [6.07, 6.45) is 6.12. The van der Waals surface area contributed by atoms with Crippen LogP contribution in [0.5, 0.6) is 5.75 Å². The van der Waals surface area contributed by atoms with E-state index in [-0.39, 0.29) is 6.10 Å². The molecule has 2 heteroatoms. The Morgan fingerprint density at radius 2 is 2.07 bits per heavy atom. The smallest absolute Gasteiger partial charge is 0.123 e. The van der Waals surface area contributed by atoms with Crippen molar-refractivity contribution in [1.82, 2.24) is 0 Å². The summed E-state index contributed by atoms with van der Waals surface area (Å²) in [5, 5.41) is 0. The molecule has 1 atom stereocenters. The van der Waals surface area contributed by atoms with Crippen LogP contribution in [-0.4, -0.2) is 14.2 Å². The molecule has 1 aliphatic rings. The van der Waals surface area contributed by atoms with E-state index in [9.17, 15) is 0 Å². The van der Waals surface area contributed by atoms with Gasteiger partial charge in [0.05, 0.1) is 7.11 Å². The minimum atomic E-state index is 0.0464. The van der Waals surface area contributed by atoms with Crippen molar-refractivity contribution in [2.24, 2.45) is 0 Å². The van der Waals surface area contributed by atoms with Crippen LogP contribution in [0.2, 0.25) is 0 Å². The summed E-state index contributed by atoms with van der Waals surface area (Å²) in [7, 11) is 3.40. The van der Waals surface area contributed by atoms with E-state index in [0.29, 0.717) is 0 Å². The molecule has 0 heterocycles. The second-order valence-corrected chi connectivity index (χ2v) is 3.17. The fraction of sp³-hybridized carbons (Fsp3) is 0.250. The molecule has 0 spiro atoms. The second kappa shape index (κ2) is 3.84. The molecule has 0 saturated heterocycles. The zero-order chi connectivity index (χ0) is 9.97. The zero-order valence-corrected chi connectivity index (χ0v) is 8.36. The first-order valence-electron chi connectivity index (χ1n) is 4.58. The predicted octanol–water partition coefficient (Wildman–Crippen LogP) is 2.50. The molecule has 1 unspecified atom stereocenters. The number of hydrogen-bond donors (Lipinski definition) is 0. The summed E-state index contributed by atoms with van der Waals surface area (Å²) in [5.74, 6) is 0.897. The number of fused-ring (bicyclic) bond motifs is 1. The summed E-state index contributed by atoms with van der Waals surface area (Å²) in [4.78, 5) is 0. The van der Waals surface area contributed by atoms with Crippen LogP contribution in [0, 0.1) is 6.42 Å². The SMILES string of the molecule is COc1cccc2c1[CH]C=CC2OC. The van der Waals surface area contributed by atoms with Crippen molar-refractivity contribution in [2.45, 2.75) is 6.10 Å². The van der Waals surface area contributed by atoms with Gasteiger partial charge in [0.2, 0.25) is 0 Å². The molecule has 0 amide bonds. The highest BCUT2D eigenvalue weighted by Gasteiger charge is 2.18. The normalized spacial score (nSPS) is 19.1. The highest BCUT2D eigenvalue weighted by molar-refractivity contribution is 5.51. The minimum Gasteiger partial charge on any atom is -0.496 e. The van der Waals surface area contributed by atoms with E-state index in [1.165, 1.54) is 0 Å². The Bertz CT molecular complexity index is 355. The number of ether oxygens (including phenoxy) is 2. The van der Waals surface area contributed by atoms with Gasteiger partial charge in [-0.05, 0) is 11.6 Å². The van der Waals surface area contributed by atoms with E-state index in [4.69, 9.17) is 9.47 Å². The van der Waals surface area contributed by atoms with Crippen LogP contribution in [0.1, 0.15) is 17.2 Å². The summed E-state index contributed by atoms with van der Waals surface area (Å²) in [6, 6.07) is 6.00. The maximum atomic E-state index is 5.35. The molecule has 0 saturated carbocycles. The predicted molar refractivity (Wildman–Crippen MR) is 55.3 cm³/mol. The number of methoxy groups -OCH3 is 2. The maximum Gasteiger partial charge on any atom is 0.123 e. The molecule has 2 nitrogen and oxygen atoms in total. The zero-order valence-electron chi connectivity index (χ0n) is 8.36. The molecule has 1 aromatic rings. The lowest BCUT2D eigenvalue weighted by molar-refractivity contribution is 0.141. The third kappa shape index (κ3) is 1.42. The molecule has 1 radical (unpaired) electrons. The van der Waals surface area contributed by atoms with Gasteiger partial charge in [0.25, 0.3) is 0 Å². The Kier molecular flexibility index (Phi) is 2.55. The number of rotatable bonds is 2. The number of allylic oxidation sites excluding steroid dienone is 1. The fourth-order valence-corrected chi connectivity index (χ4v) is 1.73. The van der Waals surface area contributed by atoms with Crippen LogP contribution in [0.4, 0.5) is 0 Å². The number of benzene rings is 1. The van der Waals surface area contributed by atoms with E-state index in [1.54, 1.807) is 14.2 Å². The first-order valence-corrected chi connectivity index (χ1v) is 4.58. The number of hydrogen-bond acceptors (Lipinski definition) is 2. The van der Waals surface area contributed by atoms with Gasteiger partial charge in [-0.15, -0.1) is 0 Å². The molecule has 1 aromatic carbocycles. The first kappa shape index (κ1) is 9.28. The molecular formula is C12H13O2. The molecule has 0 bridgehead atoms. The fourth-order valence-electron chi connectivity index (χ4n) is 1.73. The summed E-state index contributed by atoms with van der Waals surface area (Å²) in [5.41, 5.74) is 2.28. The van der Waals surface area contributed by atoms with Crippen LogP contribution >= 0.6 is 0 Å². The van der Waals surface area contributed by atoms with Crippen molar-refractivity contribution in [3.05, 3.63) is 47.9 Å². The molecule has 2 rings (SSSR count). The van der Waals surface area contributed by atoms with Crippen LogP contribution in [0.15, 0.2) is 30.4 Å². The lowest BCUT2D eigenvalue weighted by Crippen LogP contribution is -2.06. The maximum absolute atomic E-state index is 5.35. The van der Waals surface area contributed by atoms with E-state index in [2.05, 4.69) is 6.07 Å². The molecule has 0 N–H and O–H groups in total. The van der Waals surface area contributed by atoms with Gasteiger partial charge in [0.15, 0.2) is 0 Å². The lowest BCUT2D eigenvalue weighted by Gasteiger charge is -2.21. The van der Waals surface area contributed by atoms with Crippen LogP contribution in [0.25, 0.3) is 0 Å². The molecule has 0 aliphatic heterocycles. The van der Waals surface area contributed by atoms with Crippen LogP contribution in [0.3, 0.4) is 0 Å². The van der Waals surface area contributed by atoms with Crippen LogP contribution in [-0.2, 0) is 4.74 Å². The highest BCUT2D eigenvalue weighted by atomic mass is 16.5. The summed E-state index contributed by atoms with van der Waals surface area (Å²) in [6.45, 7) is 0. The van der Waals surface area contributed by atoms with Crippen molar-refractivity contribution >= 4 is 0 Å². The standard InChI is InChI=1S/C12H13O2/c1-13-11-7-3-6-10-9(11)5-4-8-12(10)14-2/h3-8,11H,1-2H3. The largest absolute Gasteiger partial charge is 0.496 e. The monoisotopic (exact) mass is 189 g/mol. The van der Waals surface area contributed by atoms with Gasteiger partial charge in [-0.2, -0.15) is 0 Å². The van der Waals surface area contributed by atoms with Crippen molar-refractivity contribution in [2.75, 3.05) is 14.2 Å². The summed E-state index contributed by atoms with van der Waals surface area (Å²) >= 11 is 0. The Labute approximate surface area is 84.2 Å². The van der Waals surface area contributed by atoms with Crippen molar-refractivity contribution in [3.8, 4) is 5.75 Å². The molecule has 0 aromatic heterocycles. The Morgan fingerprint density at radius 1 is 1.21 bits per heavy atom. The quantitative estimate of drug-likeness (QED) is 0.711. The molecule has 73 valence electrons.